The van der Waals surface area contributed by atoms with E-state index < -0.39 is 0 Å². The molecule has 0 aromatic carbocycles. The Bertz CT molecular complexity index is 70.9. The Morgan fingerprint density at radius 1 is 0.800 bits per heavy atom. The zero-order chi connectivity index (χ0) is 12.5. The van der Waals surface area contributed by atoms with Gasteiger partial charge in [-0.1, -0.05) is 52.9 Å². The third-order valence-electron chi connectivity index (χ3n) is 1.84. The van der Waals surface area contributed by atoms with Gasteiger partial charge in [-0.25, -0.2) is 0 Å². The van der Waals surface area contributed by atoms with E-state index in [1.165, 1.54) is 32.1 Å². The molecule has 0 radical (unpaired) electrons. The zero-order valence-corrected chi connectivity index (χ0v) is 11.8. The van der Waals surface area contributed by atoms with Crippen molar-refractivity contribution in [2.45, 2.75) is 59.8 Å². The lowest BCUT2D eigenvalue weighted by Gasteiger charge is -2.00. The van der Waals surface area contributed by atoms with Crippen LogP contribution in [-0.4, -0.2) is 37.3 Å². The first-order chi connectivity index (χ1) is 7.10. The van der Waals surface area contributed by atoms with Crippen LogP contribution < -0.4 is 0 Å². The minimum absolute atomic E-state index is 0.250. The zero-order valence-electron chi connectivity index (χ0n) is 11.8. The molecule has 0 heterocycles. The van der Waals surface area contributed by atoms with Crippen molar-refractivity contribution in [2.24, 2.45) is 0 Å². The average Bonchev–Trinajstić information content (AvgIpc) is 2.21. The Morgan fingerprint density at radius 3 is 1.20 bits per heavy atom. The molecule has 1 N–H and O–H groups in total. The van der Waals surface area contributed by atoms with Crippen LogP contribution in [0.3, 0.4) is 0 Å². The minimum atomic E-state index is 0.250. The molecule has 0 aliphatic carbocycles. The summed E-state index contributed by atoms with van der Waals surface area (Å²) in [6.07, 6.45) is 7.01. The van der Waals surface area contributed by atoms with Crippen molar-refractivity contribution in [3.63, 3.8) is 0 Å². The van der Waals surface area contributed by atoms with E-state index in [0.717, 1.165) is 6.54 Å². The van der Waals surface area contributed by atoms with Gasteiger partial charge in [-0.15, -0.1) is 0 Å². The van der Waals surface area contributed by atoms with E-state index in [1.54, 1.807) is 6.92 Å². The molecule has 0 fully saturated rings. The van der Waals surface area contributed by atoms with E-state index in [9.17, 15) is 0 Å². The summed E-state index contributed by atoms with van der Waals surface area (Å²) in [7, 11) is 4.11. The molecule has 0 bridgehead atoms. The fraction of sp³-hybridized carbons (Fsp3) is 1.00. The summed E-state index contributed by atoms with van der Waals surface area (Å²) >= 11 is 0. The van der Waals surface area contributed by atoms with Crippen molar-refractivity contribution < 1.29 is 5.11 Å². The summed E-state index contributed by atoms with van der Waals surface area (Å²) in [6, 6.07) is 0. The van der Waals surface area contributed by atoms with Crippen LogP contribution in [0.5, 0.6) is 0 Å². The number of unbranched alkanes of at least 4 members (excludes halogenated alkanes) is 4. The van der Waals surface area contributed by atoms with E-state index in [2.05, 4.69) is 39.8 Å². The second-order valence-electron chi connectivity index (χ2n) is 3.77. The highest BCUT2D eigenvalue weighted by atomic mass is 16.2. The first-order valence-corrected chi connectivity index (χ1v) is 6.36. The van der Waals surface area contributed by atoms with E-state index in [1.807, 2.05) is 0 Å². The van der Waals surface area contributed by atoms with Gasteiger partial charge in [0.2, 0.25) is 0 Å². The first-order valence-electron chi connectivity index (χ1n) is 6.36. The molecule has 0 atom stereocenters. The molecule has 0 saturated heterocycles. The summed E-state index contributed by atoms with van der Waals surface area (Å²) in [5, 5.41) is 7.57. The fourth-order valence-electron chi connectivity index (χ4n) is 0.677. The number of aliphatic hydroxyl groups excluding tert-OH is 1. The summed E-state index contributed by atoms with van der Waals surface area (Å²) in [6.45, 7) is 9.69. The second-order valence-corrected chi connectivity index (χ2v) is 3.77. The number of hydrogen-bond acceptors (Lipinski definition) is 2. The van der Waals surface area contributed by atoms with Gasteiger partial charge in [-0.05, 0) is 27.6 Å². The van der Waals surface area contributed by atoms with Gasteiger partial charge in [0.25, 0.3) is 0 Å². The highest BCUT2D eigenvalue weighted by Gasteiger charge is 1.80. The number of nitrogens with zero attached hydrogens (tertiary/aromatic N) is 1. The van der Waals surface area contributed by atoms with Gasteiger partial charge in [0.05, 0.1) is 0 Å². The molecule has 15 heavy (non-hydrogen) atoms. The fourth-order valence-corrected chi connectivity index (χ4v) is 0.677. The molecular formula is C13H33NO. The number of hydrogen-bond donors (Lipinski definition) is 1. The smallest absolute Gasteiger partial charge is 0.0402 e. The van der Waals surface area contributed by atoms with Crippen molar-refractivity contribution in [1.82, 2.24) is 4.90 Å². The molecule has 0 unspecified atom stereocenters. The van der Waals surface area contributed by atoms with Gasteiger partial charge in [0, 0.05) is 6.61 Å². The van der Waals surface area contributed by atoms with Crippen molar-refractivity contribution in [2.75, 3.05) is 27.2 Å². The lowest BCUT2D eigenvalue weighted by Crippen LogP contribution is -2.08. The predicted octanol–water partition coefficient (Wildman–Crippen LogP) is 3.54. The number of rotatable bonds is 5. The quantitative estimate of drug-likeness (QED) is 0.715. The van der Waals surface area contributed by atoms with Gasteiger partial charge in [-0.3, -0.25) is 0 Å². The third-order valence-corrected chi connectivity index (χ3v) is 1.84. The average molecular weight is 219 g/mol. The van der Waals surface area contributed by atoms with Crippen LogP contribution in [0.15, 0.2) is 0 Å². The van der Waals surface area contributed by atoms with Crippen molar-refractivity contribution in [3.8, 4) is 0 Å². The standard InChI is InChI=1S/C7H16.C4H11N.C2H6O/c1-3-5-7-6-4-2;1-4-5(2)3;1-2-3/h3-7H2,1-2H3;4H2,1-3H3;3H,2H2,1H3. The molecule has 2 heteroatoms. The van der Waals surface area contributed by atoms with E-state index >= 15 is 0 Å². The molecule has 0 amide bonds. The van der Waals surface area contributed by atoms with E-state index in [0.29, 0.717) is 0 Å². The van der Waals surface area contributed by atoms with Crippen molar-refractivity contribution in [1.29, 1.82) is 0 Å². The van der Waals surface area contributed by atoms with E-state index in [4.69, 9.17) is 5.11 Å². The molecule has 0 spiro atoms. The predicted molar refractivity (Wildman–Crippen MR) is 71.4 cm³/mol. The molecule has 0 aliphatic rings. The molecule has 96 valence electrons. The SMILES string of the molecule is CCCCCCC.CCN(C)C.CCO. The minimum Gasteiger partial charge on any atom is -0.397 e. The summed E-state index contributed by atoms with van der Waals surface area (Å²) < 4.78 is 0. The van der Waals surface area contributed by atoms with E-state index in [-0.39, 0.29) is 6.61 Å². The maximum absolute atomic E-state index is 7.57. The van der Waals surface area contributed by atoms with Crippen LogP contribution in [0, 0.1) is 0 Å². The van der Waals surface area contributed by atoms with Gasteiger partial charge in [0.1, 0.15) is 0 Å². The van der Waals surface area contributed by atoms with Gasteiger partial charge >= 0.3 is 0 Å². The van der Waals surface area contributed by atoms with Crippen molar-refractivity contribution in [3.05, 3.63) is 0 Å². The summed E-state index contributed by atoms with van der Waals surface area (Å²) in [5.41, 5.74) is 0. The highest BCUT2D eigenvalue weighted by molar-refractivity contribution is 4.35. The normalized spacial score (nSPS) is 8.80. The lowest BCUT2D eigenvalue weighted by atomic mass is 10.2. The molecule has 0 aromatic rings. The third kappa shape index (κ3) is 56.4. The monoisotopic (exact) mass is 219 g/mol. The molecule has 0 rings (SSSR count). The van der Waals surface area contributed by atoms with Crippen LogP contribution in [-0.2, 0) is 0 Å². The second kappa shape index (κ2) is 23.6. The van der Waals surface area contributed by atoms with Gasteiger partial charge in [-0.2, -0.15) is 0 Å². The topological polar surface area (TPSA) is 23.5 Å². The molecule has 2 nitrogen and oxygen atoms in total. The van der Waals surface area contributed by atoms with Crippen LogP contribution >= 0.6 is 0 Å². The summed E-state index contributed by atoms with van der Waals surface area (Å²) in [5.74, 6) is 0. The van der Waals surface area contributed by atoms with Crippen LogP contribution in [0.2, 0.25) is 0 Å². The maximum atomic E-state index is 7.57. The van der Waals surface area contributed by atoms with Gasteiger partial charge < -0.3 is 10.0 Å². The van der Waals surface area contributed by atoms with Gasteiger partial charge in [0.15, 0.2) is 0 Å². The molecule has 0 aliphatic heterocycles. The Kier molecular flexibility index (Phi) is 32.0. The summed E-state index contributed by atoms with van der Waals surface area (Å²) in [4.78, 5) is 2.12. The maximum Gasteiger partial charge on any atom is 0.0402 e. The van der Waals surface area contributed by atoms with Crippen LogP contribution in [0.4, 0.5) is 0 Å². The van der Waals surface area contributed by atoms with Crippen molar-refractivity contribution >= 4 is 0 Å². The Hall–Kier alpha value is -0.0800. The molecular weight excluding hydrogens is 186 g/mol. The highest BCUT2D eigenvalue weighted by Crippen LogP contribution is 2.00. The first kappa shape index (κ1) is 20.3. The Morgan fingerprint density at radius 2 is 1.07 bits per heavy atom. The number of aliphatic hydroxyl groups is 1. The Balaban J connectivity index is -0.000000158. The lowest BCUT2D eigenvalue weighted by molar-refractivity contribution is 0.318. The van der Waals surface area contributed by atoms with Crippen LogP contribution in [0.25, 0.3) is 0 Å². The largest absolute Gasteiger partial charge is 0.397 e. The Labute approximate surface area is 97.7 Å². The molecule has 0 aromatic heterocycles. The van der Waals surface area contributed by atoms with Crippen LogP contribution in [0.1, 0.15) is 59.8 Å². The molecule has 0 saturated carbocycles.